The molecule has 0 bridgehead atoms. The van der Waals surface area contributed by atoms with Crippen LogP contribution in [-0.2, 0) is 17.1 Å². The fraction of sp³-hybridized carbons (Fsp3) is 0.778. The van der Waals surface area contributed by atoms with Gasteiger partial charge in [-0.25, -0.2) is 17.8 Å². The summed E-state index contributed by atoms with van der Waals surface area (Å²) in [6, 6.07) is -0.295. The van der Waals surface area contributed by atoms with Gasteiger partial charge in [-0.1, -0.05) is 19.1 Å². The predicted molar refractivity (Wildman–Crippen MR) is 71.3 cm³/mol. The van der Waals surface area contributed by atoms with E-state index in [2.05, 4.69) is 31.0 Å². The van der Waals surface area contributed by atoms with Crippen LogP contribution in [0, 0.1) is 5.92 Å². The van der Waals surface area contributed by atoms with Gasteiger partial charge >= 0.3 is 0 Å². The van der Waals surface area contributed by atoms with Gasteiger partial charge in [-0.05, 0) is 28.3 Å². The van der Waals surface area contributed by atoms with E-state index in [-0.39, 0.29) is 22.2 Å². The second-order valence-corrected chi connectivity index (χ2v) is 6.87. The molecule has 104 valence electrons. The van der Waals surface area contributed by atoms with E-state index in [1.807, 2.05) is 13.8 Å². The van der Waals surface area contributed by atoms with Crippen LogP contribution >= 0.6 is 15.9 Å². The van der Waals surface area contributed by atoms with E-state index in [9.17, 15) is 8.42 Å². The third-order valence-electron chi connectivity index (χ3n) is 2.35. The molecule has 1 unspecified atom stereocenters. The molecule has 1 aromatic heterocycles. The molecule has 0 saturated heterocycles. The van der Waals surface area contributed by atoms with E-state index in [1.54, 1.807) is 0 Å². The highest BCUT2D eigenvalue weighted by atomic mass is 79.9. The van der Waals surface area contributed by atoms with Crippen molar-refractivity contribution in [3.8, 4) is 0 Å². The molecule has 1 heterocycles. The van der Waals surface area contributed by atoms with Crippen LogP contribution in [0.3, 0.4) is 0 Å². The molecular formula is C9H18BrN5O2S. The first-order valence-electron chi connectivity index (χ1n) is 5.55. The van der Waals surface area contributed by atoms with E-state index in [4.69, 9.17) is 5.73 Å². The van der Waals surface area contributed by atoms with Crippen LogP contribution in [-0.4, -0.2) is 36.0 Å². The van der Waals surface area contributed by atoms with Gasteiger partial charge in [0.1, 0.15) is 0 Å². The fourth-order valence-corrected chi connectivity index (χ4v) is 4.00. The minimum absolute atomic E-state index is 0.00436. The van der Waals surface area contributed by atoms with Gasteiger partial charge in [-0.2, -0.15) is 0 Å². The van der Waals surface area contributed by atoms with Crippen LogP contribution in [0.15, 0.2) is 9.63 Å². The molecule has 0 aliphatic carbocycles. The normalized spacial score (nSPS) is 14.1. The molecule has 9 heteroatoms. The lowest BCUT2D eigenvalue weighted by molar-refractivity contribution is 0.462. The Morgan fingerprint density at radius 1 is 1.50 bits per heavy atom. The molecule has 7 nitrogen and oxygen atoms in total. The summed E-state index contributed by atoms with van der Waals surface area (Å²) in [6.07, 6.45) is 0.679. The third-order valence-corrected chi connectivity index (χ3v) is 4.76. The second kappa shape index (κ2) is 6.09. The lowest BCUT2D eigenvalue weighted by atomic mass is 10.1. The van der Waals surface area contributed by atoms with Crippen LogP contribution in [0.5, 0.6) is 0 Å². The van der Waals surface area contributed by atoms with E-state index in [1.165, 1.54) is 11.7 Å². The minimum atomic E-state index is -3.67. The van der Waals surface area contributed by atoms with Crippen molar-refractivity contribution in [3.63, 3.8) is 0 Å². The molecule has 0 amide bonds. The molecule has 1 rings (SSSR count). The number of aromatic nitrogens is 3. The number of nitrogens with two attached hydrogens (primary N) is 1. The van der Waals surface area contributed by atoms with Gasteiger partial charge in [0, 0.05) is 19.6 Å². The highest BCUT2D eigenvalue weighted by Crippen LogP contribution is 2.18. The first kappa shape index (κ1) is 15.5. The summed E-state index contributed by atoms with van der Waals surface area (Å²) in [6.45, 7) is 4.28. The van der Waals surface area contributed by atoms with Crippen molar-refractivity contribution in [1.29, 1.82) is 0 Å². The quantitative estimate of drug-likeness (QED) is 0.772. The largest absolute Gasteiger partial charge is 0.329 e. The lowest BCUT2D eigenvalue weighted by Gasteiger charge is -2.18. The van der Waals surface area contributed by atoms with Crippen LogP contribution in [0.1, 0.15) is 20.3 Å². The molecule has 0 fully saturated rings. The number of nitrogens with one attached hydrogen (secondary N) is 1. The highest BCUT2D eigenvalue weighted by molar-refractivity contribution is 9.10. The average molecular weight is 340 g/mol. The summed E-state index contributed by atoms with van der Waals surface area (Å²) >= 11 is 3.07. The van der Waals surface area contributed by atoms with E-state index >= 15 is 0 Å². The second-order valence-electron chi connectivity index (χ2n) is 4.49. The van der Waals surface area contributed by atoms with Crippen molar-refractivity contribution in [1.82, 2.24) is 19.7 Å². The summed E-state index contributed by atoms with van der Waals surface area (Å²) in [5.74, 6) is 0.356. The van der Waals surface area contributed by atoms with E-state index in [0.717, 1.165) is 0 Å². The van der Waals surface area contributed by atoms with Crippen LogP contribution in [0.2, 0.25) is 0 Å². The zero-order chi connectivity index (χ0) is 13.9. The van der Waals surface area contributed by atoms with Crippen molar-refractivity contribution >= 4 is 26.0 Å². The number of rotatable bonds is 6. The van der Waals surface area contributed by atoms with Gasteiger partial charge in [0.25, 0.3) is 10.0 Å². The molecule has 0 saturated carbocycles. The van der Waals surface area contributed by atoms with Crippen molar-refractivity contribution in [2.24, 2.45) is 18.7 Å². The maximum absolute atomic E-state index is 12.2. The molecule has 0 aliphatic rings. The maximum Gasteiger partial charge on any atom is 0.260 e. The highest BCUT2D eigenvalue weighted by Gasteiger charge is 2.26. The molecule has 0 aliphatic heterocycles. The number of aryl methyl sites for hydroxylation is 1. The Bertz CT molecular complexity index is 480. The summed E-state index contributed by atoms with van der Waals surface area (Å²) in [5.41, 5.74) is 5.58. The molecule has 3 N–H and O–H groups in total. The van der Waals surface area contributed by atoms with Crippen molar-refractivity contribution < 1.29 is 8.42 Å². The molecular weight excluding hydrogens is 322 g/mol. The number of sulfonamides is 1. The Kier molecular flexibility index (Phi) is 5.26. The van der Waals surface area contributed by atoms with E-state index in [0.29, 0.717) is 12.3 Å². The maximum atomic E-state index is 12.2. The summed E-state index contributed by atoms with van der Waals surface area (Å²) < 4.78 is 28.3. The lowest BCUT2D eigenvalue weighted by Crippen LogP contribution is -2.41. The Labute approximate surface area is 115 Å². The average Bonchev–Trinajstić information content (AvgIpc) is 2.56. The summed E-state index contributed by atoms with van der Waals surface area (Å²) in [7, 11) is -2.15. The number of hydrogen-bond acceptors (Lipinski definition) is 5. The molecule has 1 aromatic rings. The third kappa shape index (κ3) is 3.74. The molecule has 18 heavy (non-hydrogen) atoms. The Hall–Kier alpha value is -0.510. The number of hydrogen-bond donors (Lipinski definition) is 2. The van der Waals surface area contributed by atoms with Crippen LogP contribution < -0.4 is 10.5 Å². The topological polar surface area (TPSA) is 103 Å². The van der Waals surface area contributed by atoms with Gasteiger partial charge in [-0.3, -0.25) is 0 Å². The molecule has 1 atom stereocenters. The fourth-order valence-electron chi connectivity index (χ4n) is 1.64. The standard InChI is InChI=1S/C9H18BrN5O2S/c1-6(2)4-7(5-11)13-18(16,17)9-8(10)12-14-15(9)3/h6-7,13H,4-5,11H2,1-3H3. The van der Waals surface area contributed by atoms with Crippen molar-refractivity contribution in [3.05, 3.63) is 4.60 Å². The monoisotopic (exact) mass is 339 g/mol. The Balaban J connectivity index is 2.94. The zero-order valence-corrected chi connectivity index (χ0v) is 13.0. The predicted octanol–water partition coefficient (Wildman–Crippen LogP) is 0.229. The van der Waals surface area contributed by atoms with Gasteiger partial charge in [-0.15, -0.1) is 5.10 Å². The Morgan fingerprint density at radius 2 is 2.11 bits per heavy atom. The SMILES string of the molecule is CC(C)CC(CN)NS(=O)(=O)c1c(Br)nnn1C. The van der Waals surface area contributed by atoms with Crippen molar-refractivity contribution in [2.45, 2.75) is 31.3 Å². The van der Waals surface area contributed by atoms with Gasteiger partial charge in [0.15, 0.2) is 4.60 Å². The summed E-state index contributed by atoms with van der Waals surface area (Å²) in [4.78, 5) is 0. The number of halogens is 1. The first-order valence-corrected chi connectivity index (χ1v) is 7.83. The summed E-state index contributed by atoms with van der Waals surface area (Å²) in [5, 5.41) is 7.31. The van der Waals surface area contributed by atoms with Gasteiger partial charge in [0.2, 0.25) is 5.03 Å². The van der Waals surface area contributed by atoms with E-state index < -0.39 is 10.0 Å². The van der Waals surface area contributed by atoms with Crippen LogP contribution in [0.25, 0.3) is 0 Å². The minimum Gasteiger partial charge on any atom is -0.329 e. The molecule has 0 spiro atoms. The Morgan fingerprint density at radius 3 is 2.50 bits per heavy atom. The van der Waals surface area contributed by atoms with Crippen LogP contribution in [0.4, 0.5) is 0 Å². The van der Waals surface area contributed by atoms with Gasteiger partial charge < -0.3 is 5.73 Å². The first-order chi connectivity index (χ1) is 8.27. The molecule has 0 aromatic carbocycles. The van der Waals surface area contributed by atoms with Crippen molar-refractivity contribution in [2.75, 3.05) is 6.54 Å². The number of nitrogens with zero attached hydrogens (tertiary/aromatic N) is 3. The zero-order valence-electron chi connectivity index (χ0n) is 10.6. The molecule has 0 radical (unpaired) electrons. The smallest absolute Gasteiger partial charge is 0.260 e. The van der Waals surface area contributed by atoms with Gasteiger partial charge in [0.05, 0.1) is 0 Å².